The molecule has 0 aliphatic rings. The third kappa shape index (κ3) is 5.01. The Kier molecular flexibility index (Phi) is 7.15. The molecule has 1 aromatic carbocycles. The van der Waals surface area contributed by atoms with Crippen molar-refractivity contribution in [2.24, 2.45) is 0 Å². The number of rotatable bonds is 8. The molecule has 0 spiro atoms. The van der Waals surface area contributed by atoms with Crippen molar-refractivity contribution in [3.8, 4) is 17.2 Å². The number of carbonyl (C=O) groups excluding carboxylic acids is 1. The molecular formula is C15H22ClNO4. The van der Waals surface area contributed by atoms with Crippen LogP contribution in [0.2, 0.25) is 0 Å². The van der Waals surface area contributed by atoms with E-state index < -0.39 is 0 Å². The van der Waals surface area contributed by atoms with Crippen molar-refractivity contribution < 1.29 is 19.0 Å². The third-order valence-electron chi connectivity index (χ3n) is 3.01. The molecule has 0 saturated carbocycles. The highest BCUT2D eigenvalue weighted by Gasteiger charge is 2.17. The Morgan fingerprint density at radius 1 is 1.14 bits per heavy atom. The van der Waals surface area contributed by atoms with Gasteiger partial charge in [-0.15, -0.1) is 11.6 Å². The fraction of sp³-hybridized carbons (Fsp3) is 0.533. The van der Waals surface area contributed by atoms with E-state index in [-0.39, 0.29) is 11.3 Å². The summed E-state index contributed by atoms with van der Waals surface area (Å²) in [6.07, 6.45) is 1.68. The van der Waals surface area contributed by atoms with Crippen molar-refractivity contribution in [1.82, 2.24) is 5.32 Å². The zero-order valence-electron chi connectivity index (χ0n) is 12.9. The first-order valence-electron chi connectivity index (χ1n) is 6.75. The number of methoxy groups -OCH3 is 3. The first-order valence-corrected chi connectivity index (χ1v) is 7.19. The van der Waals surface area contributed by atoms with Crippen molar-refractivity contribution in [3.63, 3.8) is 0 Å². The Morgan fingerprint density at radius 2 is 1.71 bits per heavy atom. The molecule has 0 radical (unpaired) electrons. The second-order valence-electron chi connectivity index (χ2n) is 4.59. The largest absolute Gasteiger partial charge is 0.496 e. The summed E-state index contributed by atoms with van der Waals surface area (Å²) in [5, 5.41) is 2.95. The minimum atomic E-state index is -0.213. The van der Waals surface area contributed by atoms with Crippen LogP contribution in [0.25, 0.3) is 0 Å². The maximum absolute atomic E-state index is 12.2. The molecule has 1 amide bonds. The molecule has 1 aromatic rings. The fourth-order valence-electron chi connectivity index (χ4n) is 1.89. The lowest BCUT2D eigenvalue weighted by Crippen LogP contribution is -2.25. The molecule has 1 N–H and O–H groups in total. The van der Waals surface area contributed by atoms with Crippen LogP contribution in [0.1, 0.15) is 30.1 Å². The number of benzene rings is 1. The van der Waals surface area contributed by atoms with E-state index in [0.717, 1.165) is 12.8 Å². The molecule has 0 aliphatic heterocycles. The second kappa shape index (κ2) is 8.62. The van der Waals surface area contributed by atoms with Crippen LogP contribution in [0.3, 0.4) is 0 Å². The van der Waals surface area contributed by atoms with Crippen LogP contribution in [-0.4, -0.2) is 39.2 Å². The standard InChI is InChI=1S/C15H22ClNO4/c1-10(16)6-5-7-17-15(18)11-8-13(20-3)14(21-4)9-12(11)19-2/h8-10H,5-7H2,1-4H3,(H,17,18). The highest BCUT2D eigenvalue weighted by atomic mass is 35.5. The van der Waals surface area contributed by atoms with Crippen LogP contribution in [0, 0.1) is 0 Å². The van der Waals surface area contributed by atoms with Crippen molar-refractivity contribution >= 4 is 17.5 Å². The Hall–Kier alpha value is -1.62. The second-order valence-corrected chi connectivity index (χ2v) is 5.33. The molecule has 1 atom stereocenters. The predicted molar refractivity (Wildman–Crippen MR) is 83.0 cm³/mol. The predicted octanol–water partition coefficient (Wildman–Crippen LogP) is 2.85. The van der Waals surface area contributed by atoms with Gasteiger partial charge in [0, 0.05) is 24.1 Å². The number of hydrogen-bond donors (Lipinski definition) is 1. The molecular weight excluding hydrogens is 294 g/mol. The van der Waals surface area contributed by atoms with E-state index in [1.807, 2.05) is 6.92 Å². The van der Waals surface area contributed by atoms with Crippen molar-refractivity contribution in [3.05, 3.63) is 17.7 Å². The van der Waals surface area contributed by atoms with Gasteiger partial charge >= 0.3 is 0 Å². The van der Waals surface area contributed by atoms with Crippen molar-refractivity contribution in [2.45, 2.75) is 25.1 Å². The zero-order chi connectivity index (χ0) is 15.8. The van der Waals surface area contributed by atoms with Crippen molar-refractivity contribution in [1.29, 1.82) is 0 Å². The summed E-state index contributed by atoms with van der Waals surface area (Å²) >= 11 is 5.87. The summed E-state index contributed by atoms with van der Waals surface area (Å²) in [5.41, 5.74) is 0.411. The van der Waals surface area contributed by atoms with E-state index in [1.54, 1.807) is 12.1 Å². The number of hydrogen-bond acceptors (Lipinski definition) is 4. The molecule has 118 valence electrons. The van der Waals surface area contributed by atoms with Crippen LogP contribution in [-0.2, 0) is 0 Å². The molecule has 6 heteroatoms. The van der Waals surface area contributed by atoms with Crippen LogP contribution in [0.5, 0.6) is 17.2 Å². The Morgan fingerprint density at radius 3 is 2.24 bits per heavy atom. The third-order valence-corrected chi connectivity index (χ3v) is 3.23. The van der Waals surface area contributed by atoms with Gasteiger partial charge in [0.15, 0.2) is 11.5 Å². The van der Waals surface area contributed by atoms with Gasteiger partial charge in [0.2, 0.25) is 0 Å². The van der Waals surface area contributed by atoms with E-state index in [0.29, 0.717) is 29.4 Å². The van der Waals surface area contributed by atoms with Gasteiger partial charge in [0.25, 0.3) is 5.91 Å². The normalized spacial score (nSPS) is 11.7. The number of carbonyl (C=O) groups is 1. The number of halogens is 1. The van der Waals surface area contributed by atoms with Crippen LogP contribution >= 0.6 is 11.6 Å². The van der Waals surface area contributed by atoms with Gasteiger partial charge in [-0.25, -0.2) is 0 Å². The van der Waals surface area contributed by atoms with Gasteiger partial charge in [-0.1, -0.05) is 0 Å². The molecule has 0 fully saturated rings. The lowest BCUT2D eigenvalue weighted by molar-refractivity contribution is 0.0949. The van der Waals surface area contributed by atoms with E-state index in [2.05, 4.69) is 5.32 Å². The summed E-state index contributed by atoms with van der Waals surface area (Å²) in [5.74, 6) is 1.23. The minimum Gasteiger partial charge on any atom is -0.496 e. The molecule has 0 aromatic heterocycles. The van der Waals surface area contributed by atoms with Crippen LogP contribution in [0.15, 0.2) is 12.1 Å². The van der Waals surface area contributed by atoms with Crippen LogP contribution in [0.4, 0.5) is 0 Å². The maximum atomic E-state index is 12.2. The van der Waals surface area contributed by atoms with E-state index in [9.17, 15) is 4.79 Å². The molecule has 0 aliphatic carbocycles. The SMILES string of the molecule is COc1cc(OC)c(C(=O)NCCCC(C)Cl)cc1OC. The Balaban J connectivity index is 2.82. The van der Waals surface area contributed by atoms with E-state index in [1.165, 1.54) is 21.3 Å². The Labute approximate surface area is 130 Å². The fourth-order valence-corrected chi connectivity index (χ4v) is 2.04. The van der Waals surface area contributed by atoms with Crippen LogP contribution < -0.4 is 19.5 Å². The van der Waals surface area contributed by atoms with Gasteiger partial charge in [0.1, 0.15) is 5.75 Å². The van der Waals surface area contributed by atoms with Gasteiger partial charge in [0.05, 0.1) is 26.9 Å². The molecule has 0 saturated heterocycles. The monoisotopic (exact) mass is 315 g/mol. The number of ether oxygens (including phenoxy) is 3. The molecule has 1 rings (SSSR count). The highest BCUT2D eigenvalue weighted by Crippen LogP contribution is 2.34. The highest BCUT2D eigenvalue weighted by molar-refractivity contribution is 6.20. The number of amides is 1. The summed E-state index contributed by atoms with van der Waals surface area (Å²) < 4.78 is 15.6. The topological polar surface area (TPSA) is 56.8 Å². The minimum absolute atomic E-state index is 0.109. The lowest BCUT2D eigenvalue weighted by Gasteiger charge is -2.14. The van der Waals surface area contributed by atoms with Gasteiger partial charge in [-0.05, 0) is 19.8 Å². The summed E-state index contributed by atoms with van der Waals surface area (Å²) in [6, 6.07) is 3.24. The molecule has 0 heterocycles. The molecule has 1 unspecified atom stereocenters. The van der Waals surface area contributed by atoms with Crippen molar-refractivity contribution in [2.75, 3.05) is 27.9 Å². The maximum Gasteiger partial charge on any atom is 0.255 e. The van der Waals surface area contributed by atoms with E-state index in [4.69, 9.17) is 25.8 Å². The first kappa shape index (κ1) is 17.4. The van der Waals surface area contributed by atoms with Gasteiger partial charge in [-0.3, -0.25) is 4.79 Å². The Bertz CT molecular complexity index is 477. The quantitative estimate of drug-likeness (QED) is 0.592. The smallest absolute Gasteiger partial charge is 0.255 e. The number of alkyl halides is 1. The van der Waals surface area contributed by atoms with Gasteiger partial charge < -0.3 is 19.5 Å². The number of nitrogens with one attached hydrogen (secondary N) is 1. The van der Waals surface area contributed by atoms with E-state index >= 15 is 0 Å². The first-order chi connectivity index (χ1) is 10.0. The molecule has 21 heavy (non-hydrogen) atoms. The summed E-state index contributed by atoms with van der Waals surface area (Å²) in [4.78, 5) is 12.2. The summed E-state index contributed by atoms with van der Waals surface area (Å²) in [6.45, 7) is 2.49. The molecule has 0 bridgehead atoms. The average Bonchev–Trinajstić information content (AvgIpc) is 2.49. The zero-order valence-corrected chi connectivity index (χ0v) is 13.6. The average molecular weight is 316 g/mol. The molecule has 5 nitrogen and oxygen atoms in total. The lowest BCUT2D eigenvalue weighted by atomic mass is 10.1. The van der Waals surface area contributed by atoms with Gasteiger partial charge in [-0.2, -0.15) is 0 Å². The summed E-state index contributed by atoms with van der Waals surface area (Å²) in [7, 11) is 4.56.